The fraction of sp³-hybridized carbons (Fsp3) is 0.350. The lowest BCUT2D eigenvalue weighted by Crippen LogP contribution is -2.20. The summed E-state index contributed by atoms with van der Waals surface area (Å²) in [5.41, 5.74) is -2.77. The minimum Gasteiger partial charge on any atom is -0.493 e. The van der Waals surface area contributed by atoms with Gasteiger partial charge in [-0.1, -0.05) is 19.9 Å². The second kappa shape index (κ2) is 9.95. The van der Waals surface area contributed by atoms with Gasteiger partial charge in [0.15, 0.2) is 6.61 Å². The van der Waals surface area contributed by atoms with E-state index in [9.17, 15) is 28.1 Å². The molecule has 0 unspecified atom stereocenters. The molecule has 0 aliphatic carbocycles. The predicted molar refractivity (Wildman–Crippen MR) is 104 cm³/mol. The van der Waals surface area contributed by atoms with E-state index in [1.807, 2.05) is 0 Å². The maximum Gasteiger partial charge on any atom is 0.423 e. The molecule has 0 radical (unpaired) electrons. The van der Waals surface area contributed by atoms with Crippen molar-refractivity contribution >= 4 is 17.3 Å². The van der Waals surface area contributed by atoms with Crippen LogP contribution in [0.4, 0.5) is 24.5 Å². The summed E-state index contributed by atoms with van der Waals surface area (Å²) in [7, 11) is 0. The molecule has 1 N–H and O–H groups in total. The lowest BCUT2D eigenvalue weighted by molar-refractivity contribution is -0.388. The largest absolute Gasteiger partial charge is 0.493 e. The molecule has 7 nitrogen and oxygen atoms in total. The zero-order valence-electron chi connectivity index (χ0n) is 16.4. The van der Waals surface area contributed by atoms with Crippen molar-refractivity contribution in [2.45, 2.75) is 26.4 Å². The van der Waals surface area contributed by atoms with Gasteiger partial charge < -0.3 is 14.8 Å². The Balaban J connectivity index is 1.97. The molecule has 0 fully saturated rings. The molecule has 0 spiro atoms. The van der Waals surface area contributed by atoms with Gasteiger partial charge in [0, 0.05) is 17.8 Å². The molecule has 2 aromatic rings. The zero-order chi connectivity index (χ0) is 22.3. The number of hydrogen-bond acceptors (Lipinski definition) is 5. The Hall–Kier alpha value is -3.30. The van der Waals surface area contributed by atoms with Gasteiger partial charge in [0.1, 0.15) is 17.1 Å². The van der Waals surface area contributed by atoms with E-state index in [4.69, 9.17) is 9.47 Å². The maximum absolute atomic E-state index is 13.0. The van der Waals surface area contributed by atoms with Gasteiger partial charge in [0.25, 0.3) is 11.6 Å². The van der Waals surface area contributed by atoms with E-state index in [1.54, 1.807) is 24.3 Å². The molecule has 0 bridgehead atoms. The first-order chi connectivity index (χ1) is 14.1. The van der Waals surface area contributed by atoms with Crippen LogP contribution in [0.25, 0.3) is 0 Å². The molecule has 0 atom stereocenters. The zero-order valence-corrected chi connectivity index (χ0v) is 16.4. The van der Waals surface area contributed by atoms with Crippen LogP contribution in [0.1, 0.15) is 25.8 Å². The Morgan fingerprint density at radius 1 is 1.13 bits per heavy atom. The van der Waals surface area contributed by atoms with E-state index >= 15 is 0 Å². The number of carbonyl (C=O) groups excluding carboxylic acids is 1. The Labute approximate surface area is 170 Å². The number of nitro benzene ring substituents is 1. The Morgan fingerprint density at radius 2 is 1.80 bits per heavy atom. The molecule has 0 saturated heterocycles. The highest BCUT2D eigenvalue weighted by molar-refractivity contribution is 5.92. The number of amides is 1. The maximum atomic E-state index is 13.0. The van der Waals surface area contributed by atoms with Gasteiger partial charge in [-0.15, -0.1) is 0 Å². The number of carbonyl (C=O) groups is 1. The first-order valence-corrected chi connectivity index (χ1v) is 9.07. The van der Waals surface area contributed by atoms with Gasteiger partial charge in [-0.2, -0.15) is 13.2 Å². The summed E-state index contributed by atoms with van der Waals surface area (Å²) in [5.74, 6) is 0.694. The second-order valence-electron chi connectivity index (χ2n) is 6.83. The van der Waals surface area contributed by atoms with Gasteiger partial charge in [0.2, 0.25) is 0 Å². The molecule has 0 aliphatic rings. The highest BCUT2D eigenvalue weighted by Crippen LogP contribution is 2.37. The average Bonchev–Trinajstić information content (AvgIpc) is 2.65. The van der Waals surface area contributed by atoms with Crippen LogP contribution in [0, 0.1) is 16.0 Å². The predicted octanol–water partition coefficient (Wildman–Crippen LogP) is 5.06. The molecule has 0 aliphatic heterocycles. The number of nitro groups is 1. The third-order valence-corrected chi connectivity index (χ3v) is 3.92. The van der Waals surface area contributed by atoms with Crippen LogP contribution in [0.2, 0.25) is 0 Å². The van der Waals surface area contributed by atoms with E-state index in [-0.39, 0.29) is 5.69 Å². The van der Waals surface area contributed by atoms with E-state index in [0.29, 0.717) is 36.2 Å². The molecular formula is C20H21F3N2O5. The quantitative estimate of drug-likeness (QED) is 0.447. The monoisotopic (exact) mass is 426 g/mol. The van der Waals surface area contributed by atoms with Crippen molar-refractivity contribution in [1.29, 1.82) is 0 Å². The minimum atomic E-state index is -4.93. The number of hydrogen-bond donors (Lipinski definition) is 1. The van der Waals surface area contributed by atoms with Crippen LogP contribution in [0.15, 0.2) is 42.5 Å². The molecular weight excluding hydrogens is 405 g/mol. The molecule has 162 valence electrons. The SMILES string of the molecule is CC(C)CCOc1cccc(OCC(=O)Nc2ccc([N+](=O)[O-])c(C(F)(F)F)c2)c1. The summed E-state index contributed by atoms with van der Waals surface area (Å²) in [5, 5.41) is 13.0. The van der Waals surface area contributed by atoms with Gasteiger partial charge in [0.05, 0.1) is 11.5 Å². The van der Waals surface area contributed by atoms with Crippen LogP contribution >= 0.6 is 0 Å². The van der Waals surface area contributed by atoms with Crippen molar-refractivity contribution in [2.75, 3.05) is 18.5 Å². The molecule has 10 heteroatoms. The number of benzene rings is 2. The fourth-order valence-corrected chi connectivity index (χ4v) is 2.41. The molecule has 0 aromatic heterocycles. The van der Waals surface area contributed by atoms with Crippen molar-refractivity contribution in [3.63, 3.8) is 0 Å². The van der Waals surface area contributed by atoms with Crippen molar-refractivity contribution in [2.24, 2.45) is 5.92 Å². The highest BCUT2D eigenvalue weighted by atomic mass is 19.4. The smallest absolute Gasteiger partial charge is 0.423 e. The topological polar surface area (TPSA) is 90.7 Å². The van der Waals surface area contributed by atoms with Gasteiger partial charge in [-0.05, 0) is 36.6 Å². The Morgan fingerprint density at radius 3 is 2.40 bits per heavy atom. The summed E-state index contributed by atoms with van der Waals surface area (Å²) >= 11 is 0. The highest BCUT2D eigenvalue weighted by Gasteiger charge is 2.38. The summed E-state index contributed by atoms with van der Waals surface area (Å²) in [6.45, 7) is 4.21. The number of alkyl halides is 3. The molecule has 0 heterocycles. The third-order valence-electron chi connectivity index (χ3n) is 3.92. The van der Waals surface area contributed by atoms with E-state index < -0.39 is 34.9 Å². The third kappa shape index (κ3) is 6.94. The van der Waals surface area contributed by atoms with Gasteiger partial charge in [-0.3, -0.25) is 14.9 Å². The number of halogens is 3. The fourth-order valence-electron chi connectivity index (χ4n) is 2.41. The summed E-state index contributed by atoms with van der Waals surface area (Å²) < 4.78 is 50.0. The van der Waals surface area contributed by atoms with E-state index in [2.05, 4.69) is 19.2 Å². The van der Waals surface area contributed by atoms with E-state index in [1.165, 1.54) is 0 Å². The van der Waals surface area contributed by atoms with Gasteiger partial charge in [-0.25, -0.2) is 0 Å². The second-order valence-corrected chi connectivity index (χ2v) is 6.83. The first-order valence-electron chi connectivity index (χ1n) is 9.07. The number of anilines is 1. The molecule has 2 rings (SSSR count). The Kier molecular flexibility index (Phi) is 7.62. The van der Waals surface area contributed by atoms with Crippen molar-refractivity contribution in [3.8, 4) is 11.5 Å². The summed E-state index contributed by atoms with van der Waals surface area (Å²) in [6, 6.07) is 8.86. The lowest BCUT2D eigenvalue weighted by Gasteiger charge is -2.12. The molecule has 1 amide bonds. The standard InChI is InChI=1S/C20H21F3N2O5/c1-13(2)8-9-29-15-4-3-5-16(11-15)30-12-19(26)24-14-6-7-18(25(27)28)17(10-14)20(21,22)23/h3-7,10-11,13H,8-9,12H2,1-2H3,(H,24,26). The molecule has 30 heavy (non-hydrogen) atoms. The van der Waals surface area contributed by atoms with Crippen molar-refractivity contribution in [3.05, 3.63) is 58.1 Å². The number of nitrogens with zero attached hydrogens (tertiary/aromatic N) is 1. The van der Waals surface area contributed by atoms with Crippen LogP contribution in [-0.4, -0.2) is 24.0 Å². The average molecular weight is 426 g/mol. The van der Waals surface area contributed by atoms with Crippen molar-refractivity contribution in [1.82, 2.24) is 0 Å². The lowest BCUT2D eigenvalue weighted by atomic mass is 10.1. The van der Waals surface area contributed by atoms with E-state index in [0.717, 1.165) is 12.5 Å². The van der Waals surface area contributed by atoms with Crippen LogP contribution in [0.3, 0.4) is 0 Å². The normalized spacial score (nSPS) is 11.3. The first kappa shape index (κ1) is 23.0. The van der Waals surface area contributed by atoms with Crippen molar-refractivity contribution < 1.29 is 32.4 Å². The summed E-state index contributed by atoms with van der Waals surface area (Å²) in [6.07, 6.45) is -4.06. The molecule has 2 aromatic carbocycles. The summed E-state index contributed by atoms with van der Waals surface area (Å²) in [4.78, 5) is 21.7. The van der Waals surface area contributed by atoms with Gasteiger partial charge >= 0.3 is 6.18 Å². The van der Waals surface area contributed by atoms with Crippen LogP contribution in [0.5, 0.6) is 11.5 Å². The molecule has 0 saturated carbocycles. The number of rotatable bonds is 9. The number of ether oxygens (including phenoxy) is 2. The van der Waals surface area contributed by atoms with Crippen LogP contribution < -0.4 is 14.8 Å². The Bertz CT molecular complexity index is 900. The number of nitrogens with one attached hydrogen (secondary N) is 1. The van der Waals surface area contributed by atoms with Crippen LogP contribution in [-0.2, 0) is 11.0 Å². The minimum absolute atomic E-state index is 0.229.